The maximum atomic E-state index is 5.76. The molecule has 0 saturated heterocycles. The van der Waals surface area contributed by atoms with E-state index in [0.29, 0.717) is 12.0 Å². The molecule has 0 aromatic rings. The second-order valence-electron chi connectivity index (χ2n) is 4.66. The fourth-order valence-corrected chi connectivity index (χ4v) is 1.25. The van der Waals surface area contributed by atoms with Crippen molar-refractivity contribution in [2.24, 2.45) is 5.92 Å². The van der Waals surface area contributed by atoms with Gasteiger partial charge in [-0.05, 0) is 32.2 Å². The Balaban J connectivity index is 3.50. The lowest BCUT2D eigenvalue weighted by molar-refractivity contribution is 0.0526. The number of rotatable bonds is 9. The quantitative estimate of drug-likeness (QED) is 0.595. The first-order chi connectivity index (χ1) is 7.06. The third kappa shape index (κ3) is 9.95. The number of hydrogen-bond donors (Lipinski definition) is 1. The normalized spacial score (nSPS) is 13.1. The van der Waals surface area contributed by atoms with Crippen LogP contribution in [0.4, 0.5) is 0 Å². The van der Waals surface area contributed by atoms with Crippen molar-refractivity contribution < 1.29 is 4.74 Å². The van der Waals surface area contributed by atoms with Crippen LogP contribution in [0.1, 0.15) is 40.5 Å². The Hall–Kier alpha value is -0.340. The first kappa shape index (κ1) is 14.7. The highest BCUT2D eigenvalue weighted by atomic mass is 16.5. The molecule has 1 atom stereocenters. The van der Waals surface area contributed by atoms with Crippen LogP contribution in [0, 0.1) is 5.92 Å². The minimum absolute atomic E-state index is 0.350. The van der Waals surface area contributed by atoms with E-state index >= 15 is 0 Å². The van der Waals surface area contributed by atoms with Crippen LogP contribution >= 0.6 is 0 Å². The summed E-state index contributed by atoms with van der Waals surface area (Å²) in [7, 11) is 0. The Morgan fingerprint density at radius 2 is 2.00 bits per heavy atom. The maximum absolute atomic E-state index is 5.76. The number of ether oxygens (including phenoxy) is 1. The van der Waals surface area contributed by atoms with Crippen LogP contribution in [0.3, 0.4) is 0 Å². The summed E-state index contributed by atoms with van der Waals surface area (Å²) in [5.74, 6) is 0.706. The molecule has 0 saturated carbocycles. The largest absolute Gasteiger partial charge is 0.377 e. The highest BCUT2D eigenvalue weighted by molar-refractivity contribution is 4.87. The van der Waals surface area contributed by atoms with Crippen molar-refractivity contribution in [1.82, 2.24) is 5.32 Å². The van der Waals surface area contributed by atoms with Crippen LogP contribution in [-0.2, 0) is 4.74 Å². The molecule has 15 heavy (non-hydrogen) atoms. The molecule has 0 aliphatic carbocycles. The lowest BCUT2D eigenvalue weighted by Crippen LogP contribution is -2.31. The molecular weight excluding hydrogens is 186 g/mol. The van der Waals surface area contributed by atoms with Gasteiger partial charge in [0.15, 0.2) is 0 Å². The van der Waals surface area contributed by atoms with Gasteiger partial charge in [0.1, 0.15) is 0 Å². The zero-order valence-corrected chi connectivity index (χ0v) is 10.8. The van der Waals surface area contributed by atoms with Crippen LogP contribution in [0.25, 0.3) is 0 Å². The van der Waals surface area contributed by atoms with Crippen molar-refractivity contribution in [2.75, 3.05) is 19.7 Å². The first-order valence-corrected chi connectivity index (χ1v) is 6.03. The van der Waals surface area contributed by atoms with Crippen molar-refractivity contribution in [3.63, 3.8) is 0 Å². The van der Waals surface area contributed by atoms with Crippen LogP contribution in [0.2, 0.25) is 0 Å². The van der Waals surface area contributed by atoms with Gasteiger partial charge in [-0.1, -0.05) is 26.3 Å². The third-order valence-electron chi connectivity index (χ3n) is 2.26. The fraction of sp³-hybridized carbons (Fsp3) is 0.846. The summed E-state index contributed by atoms with van der Waals surface area (Å²) in [5, 5.41) is 3.43. The molecule has 0 radical (unpaired) electrons. The van der Waals surface area contributed by atoms with Crippen molar-refractivity contribution in [2.45, 2.75) is 46.6 Å². The maximum Gasteiger partial charge on any atom is 0.0696 e. The minimum atomic E-state index is 0.350. The van der Waals surface area contributed by atoms with Crippen LogP contribution < -0.4 is 5.32 Å². The standard InChI is InChI=1S/C13H27NO/c1-6-13(10-14-9-12(4)5)15-8-7-11(2)3/h12-14H,2,6-10H2,1,3-5H3. The van der Waals surface area contributed by atoms with E-state index in [2.05, 4.69) is 32.7 Å². The summed E-state index contributed by atoms with van der Waals surface area (Å²) in [5.41, 5.74) is 1.19. The van der Waals surface area contributed by atoms with Crippen molar-refractivity contribution in [3.05, 3.63) is 12.2 Å². The van der Waals surface area contributed by atoms with Crippen LogP contribution in [0.5, 0.6) is 0 Å². The average Bonchev–Trinajstić information content (AvgIpc) is 2.14. The van der Waals surface area contributed by atoms with E-state index in [1.165, 1.54) is 5.57 Å². The molecule has 0 aromatic carbocycles. The Morgan fingerprint density at radius 1 is 1.33 bits per heavy atom. The Bertz CT molecular complexity index is 166. The first-order valence-electron chi connectivity index (χ1n) is 6.03. The van der Waals surface area contributed by atoms with Gasteiger partial charge in [0.05, 0.1) is 12.7 Å². The van der Waals surface area contributed by atoms with Gasteiger partial charge in [0.2, 0.25) is 0 Å². The monoisotopic (exact) mass is 213 g/mol. The van der Waals surface area contributed by atoms with Gasteiger partial charge in [0, 0.05) is 6.54 Å². The van der Waals surface area contributed by atoms with Crippen LogP contribution in [0.15, 0.2) is 12.2 Å². The zero-order valence-electron chi connectivity index (χ0n) is 10.8. The van der Waals surface area contributed by atoms with E-state index < -0.39 is 0 Å². The molecule has 0 bridgehead atoms. The molecule has 2 heteroatoms. The van der Waals surface area contributed by atoms with E-state index in [-0.39, 0.29) is 0 Å². The average molecular weight is 213 g/mol. The van der Waals surface area contributed by atoms with Gasteiger partial charge in [-0.25, -0.2) is 0 Å². The molecule has 0 rings (SSSR count). The molecule has 1 N–H and O–H groups in total. The van der Waals surface area contributed by atoms with Gasteiger partial charge in [0.25, 0.3) is 0 Å². The molecule has 1 unspecified atom stereocenters. The lowest BCUT2D eigenvalue weighted by atomic mass is 10.2. The van der Waals surface area contributed by atoms with Gasteiger partial charge in [-0.3, -0.25) is 0 Å². The number of nitrogens with one attached hydrogen (secondary N) is 1. The predicted molar refractivity (Wildman–Crippen MR) is 67.2 cm³/mol. The van der Waals surface area contributed by atoms with Gasteiger partial charge in [-0.2, -0.15) is 0 Å². The highest BCUT2D eigenvalue weighted by Crippen LogP contribution is 2.02. The van der Waals surface area contributed by atoms with E-state index in [1.54, 1.807) is 0 Å². The fourth-order valence-electron chi connectivity index (χ4n) is 1.25. The molecule has 0 fully saturated rings. The Kier molecular flexibility index (Phi) is 8.73. The third-order valence-corrected chi connectivity index (χ3v) is 2.26. The van der Waals surface area contributed by atoms with Crippen molar-refractivity contribution in [3.8, 4) is 0 Å². The van der Waals surface area contributed by atoms with Crippen molar-refractivity contribution >= 4 is 0 Å². The SMILES string of the molecule is C=C(C)CCOC(CC)CNCC(C)C. The topological polar surface area (TPSA) is 21.3 Å². The van der Waals surface area contributed by atoms with Gasteiger partial charge in [-0.15, -0.1) is 6.58 Å². The minimum Gasteiger partial charge on any atom is -0.377 e. The Morgan fingerprint density at radius 3 is 2.47 bits per heavy atom. The molecule has 2 nitrogen and oxygen atoms in total. The van der Waals surface area contributed by atoms with E-state index in [0.717, 1.165) is 32.5 Å². The number of hydrogen-bond acceptors (Lipinski definition) is 2. The molecule has 0 spiro atoms. The molecule has 90 valence electrons. The summed E-state index contributed by atoms with van der Waals surface area (Å²) >= 11 is 0. The molecular formula is C13H27NO. The molecule has 0 aliphatic rings. The zero-order chi connectivity index (χ0) is 11.7. The van der Waals surface area contributed by atoms with Gasteiger partial charge < -0.3 is 10.1 Å². The second kappa shape index (κ2) is 8.93. The van der Waals surface area contributed by atoms with Crippen molar-refractivity contribution in [1.29, 1.82) is 0 Å². The summed E-state index contributed by atoms with van der Waals surface area (Å²) in [6, 6.07) is 0. The van der Waals surface area contributed by atoms with E-state index in [4.69, 9.17) is 4.74 Å². The summed E-state index contributed by atoms with van der Waals surface area (Å²) < 4.78 is 5.76. The summed E-state index contributed by atoms with van der Waals surface area (Å²) in [6.45, 7) is 15.4. The second-order valence-corrected chi connectivity index (χ2v) is 4.66. The van der Waals surface area contributed by atoms with E-state index in [9.17, 15) is 0 Å². The smallest absolute Gasteiger partial charge is 0.0696 e. The molecule has 0 aliphatic heterocycles. The van der Waals surface area contributed by atoms with E-state index in [1.807, 2.05) is 6.92 Å². The summed E-state index contributed by atoms with van der Waals surface area (Å²) in [6.07, 6.45) is 2.39. The summed E-state index contributed by atoms with van der Waals surface area (Å²) in [4.78, 5) is 0. The molecule has 0 aromatic heterocycles. The Labute approximate surface area is 95.1 Å². The lowest BCUT2D eigenvalue weighted by Gasteiger charge is -2.17. The highest BCUT2D eigenvalue weighted by Gasteiger charge is 2.05. The van der Waals surface area contributed by atoms with Crippen LogP contribution in [-0.4, -0.2) is 25.8 Å². The van der Waals surface area contributed by atoms with Gasteiger partial charge >= 0.3 is 0 Å². The molecule has 0 amide bonds. The molecule has 0 heterocycles. The predicted octanol–water partition coefficient (Wildman–Crippen LogP) is 2.99.